The second-order valence-corrected chi connectivity index (χ2v) is 4.46. The lowest BCUT2D eigenvalue weighted by Crippen LogP contribution is -2.40. The summed E-state index contributed by atoms with van der Waals surface area (Å²) in [5.41, 5.74) is 4.66. The van der Waals surface area contributed by atoms with Crippen LogP contribution in [0.2, 0.25) is 0 Å². The van der Waals surface area contributed by atoms with Gasteiger partial charge in [0.2, 0.25) is 0 Å². The Hall–Kier alpha value is -2.70. The van der Waals surface area contributed by atoms with Gasteiger partial charge in [-0.1, -0.05) is 0 Å². The second kappa shape index (κ2) is 6.17. The van der Waals surface area contributed by atoms with E-state index in [1.165, 1.54) is 10.8 Å². The molecule has 0 aliphatic carbocycles. The molecule has 2 aromatic rings. The van der Waals surface area contributed by atoms with Gasteiger partial charge < -0.3 is 19.8 Å². The predicted molar refractivity (Wildman–Crippen MR) is 78.8 cm³/mol. The number of anilines is 1. The molecule has 21 heavy (non-hydrogen) atoms. The summed E-state index contributed by atoms with van der Waals surface area (Å²) in [7, 11) is 3.12. The second-order valence-electron chi connectivity index (χ2n) is 4.46. The fraction of sp³-hybridized carbons (Fsp3) is 0.286. The van der Waals surface area contributed by atoms with Crippen molar-refractivity contribution in [1.82, 2.24) is 9.13 Å². The van der Waals surface area contributed by atoms with E-state index >= 15 is 0 Å². The van der Waals surface area contributed by atoms with Gasteiger partial charge in [0, 0.05) is 13.2 Å². The van der Waals surface area contributed by atoms with Crippen LogP contribution in [-0.4, -0.2) is 22.9 Å². The minimum absolute atomic E-state index is 0.0292. The molecule has 0 saturated heterocycles. The Kier molecular flexibility index (Phi) is 4.32. The number of aromatic nitrogens is 2. The van der Waals surface area contributed by atoms with E-state index in [2.05, 4.69) is 0 Å². The predicted octanol–water partition coefficient (Wildman–Crippen LogP) is 0.217. The summed E-state index contributed by atoms with van der Waals surface area (Å²) in [4.78, 5) is 23.7. The number of nitrogens with zero attached hydrogens (tertiary/aromatic N) is 2. The van der Waals surface area contributed by atoms with Gasteiger partial charge in [0.25, 0.3) is 5.56 Å². The van der Waals surface area contributed by atoms with Crippen LogP contribution in [0.1, 0.15) is 0 Å². The van der Waals surface area contributed by atoms with Gasteiger partial charge in [-0.3, -0.25) is 9.36 Å². The maximum absolute atomic E-state index is 11.9. The third-order valence-corrected chi connectivity index (χ3v) is 3.00. The molecule has 1 aromatic carbocycles. The highest BCUT2D eigenvalue weighted by molar-refractivity contribution is 5.31. The van der Waals surface area contributed by atoms with Gasteiger partial charge in [-0.15, -0.1) is 0 Å². The molecule has 0 spiro atoms. The van der Waals surface area contributed by atoms with Crippen molar-refractivity contribution < 1.29 is 9.47 Å². The average Bonchev–Trinajstić information content (AvgIpc) is 2.49. The molecule has 1 heterocycles. The molecule has 0 aliphatic heterocycles. The molecule has 0 amide bonds. The Morgan fingerprint density at radius 1 is 1.14 bits per heavy atom. The summed E-state index contributed by atoms with van der Waals surface area (Å²) < 4.78 is 12.9. The zero-order chi connectivity index (χ0) is 15.4. The van der Waals surface area contributed by atoms with Crippen LogP contribution in [0.4, 0.5) is 5.69 Å². The van der Waals surface area contributed by atoms with E-state index in [9.17, 15) is 9.59 Å². The Morgan fingerprint density at radius 2 is 1.76 bits per heavy atom. The molecular formula is C14H17N3O4. The molecule has 1 aromatic heterocycles. The lowest BCUT2D eigenvalue weighted by Gasteiger charge is -2.10. The van der Waals surface area contributed by atoms with Crippen molar-refractivity contribution in [3.63, 3.8) is 0 Å². The SMILES string of the molecule is COc1ccc(OCCn2c(=O)c(N)cn(C)c2=O)cc1. The van der Waals surface area contributed by atoms with Gasteiger partial charge in [0.1, 0.15) is 23.8 Å². The van der Waals surface area contributed by atoms with E-state index in [0.29, 0.717) is 5.75 Å². The van der Waals surface area contributed by atoms with Crippen molar-refractivity contribution in [3.8, 4) is 11.5 Å². The topological polar surface area (TPSA) is 88.5 Å². The van der Waals surface area contributed by atoms with Crippen molar-refractivity contribution in [2.75, 3.05) is 19.5 Å². The van der Waals surface area contributed by atoms with Crippen LogP contribution in [0.25, 0.3) is 0 Å². The van der Waals surface area contributed by atoms with Crippen molar-refractivity contribution >= 4 is 5.69 Å². The number of aryl methyl sites for hydroxylation is 1. The number of hydrogen-bond acceptors (Lipinski definition) is 5. The number of methoxy groups -OCH3 is 1. The first kappa shape index (κ1) is 14.7. The Balaban J connectivity index is 2.07. The van der Waals surface area contributed by atoms with Gasteiger partial charge >= 0.3 is 5.69 Å². The Labute approximate surface area is 121 Å². The first-order valence-corrected chi connectivity index (χ1v) is 6.35. The summed E-state index contributed by atoms with van der Waals surface area (Å²) in [6.07, 6.45) is 1.31. The molecule has 2 rings (SSSR count). The van der Waals surface area contributed by atoms with Gasteiger partial charge in [0.05, 0.1) is 13.7 Å². The standard InChI is InChI=1S/C14H17N3O4/c1-16-9-12(15)13(18)17(14(16)19)7-8-21-11-5-3-10(20-2)4-6-11/h3-6,9H,7-8,15H2,1-2H3. The summed E-state index contributed by atoms with van der Waals surface area (Å²) in [6, 6.07) is 7.03. The van der Waals surface area contributed by atoms with Crippen molar-refractivity contribution in [1.29, 1.82) is 0 Å². The number of ether oxygens (including phenoxy) is 2. The van der Waals surface area contributed by atoms with Gasteiger partial charge in [-0.25, -0.2) is 4.79 Å². The minimum atomic E-state index is -0.503. The Morgan fingerprint density at radius 3 is 2.38 bits per heavy atom. The molecule has 0 unspecified atom stereocenters. The van der Waals surface area contributed by atoms with E-state index in [1.807, 2.05) is 0 Å². The molecule has 0 bridgehead atoms. The molecule has 2 N–H and O–H groups in total. The number of nitrogens with two attached hydrogens (primary N) is 1. The fourth-order valence-corrected chi connectivity index (χ4v) is 1.88. The quantitative estimate of drug-likeness (QED) is 0.851. The van der Waals surface area contributed by atoms with Crippen LogP contribution < -0.4 is 26.5 Å². The number of hydrogen-bond donors (Lipinski definition) is 1. The summed E-state index contributed by atoms with van der Waals surface area (Å²) >= 11 is 0. The largest absolute Gasteiger partial charge is 0.497 e. The zero-order valence-corrected chi connectivity index (χ0v) is 11.9. The highest BCUT2D eigenvalue weighted by Gasteiger charge is 2.07. The molecule has 0 saturated carbocycles. The first-order valence-electron chi connectivity index (χ1n) is 6.35. The maximum Gasteiger partial charge on any atom is 0.330 e. The Bertz CT molecular complexity index is 697. The van der Waals surface area contributed by atoms with E-state index in [0.717, 1.165) is 10.3 Å². The van der Waals surface area contributed by atoms with Crippen molar-refractivity contribution in [3.05, 3.63) is 51.3 Å². The lowest BCUT2D eigenvalue weighted by atomic mass is 10.3. The van der Waals surface area contributed by atoms with Crippen LogP contribution in [0.3, 0.4) is 0 Å². The van der Waals surface area contributed by atoms with E-state index in [1.54, 1.807) is 38.4 Å². The van der Waals surface area contributed by atoms with Crippen LogP contribution in [0.15, 0.2) is 40.1 Å². The molecule has 0 atom stereocenters. The summed E-state index contributed by atoms with van der Waals surface area (Å²) in [5, 5.41) is 0. The first-order chi connectivity index (χ1) is 10.0. The van der Waals surface area contributed by atoms with Crippen LogP contribution in [0.5, 0.6) is 11.5 Å². The molecule has 0 aliphatic rings. The van der Waals surface area contributed by atoms with E-state index in [-0.39, 0.29) is 18.8 Å². The van der Waals surface area contributed by atoms with Crippen molar-refractivity contribution in [2.24, 2.45) is 7.05 Å². The molecule has 7 nitrogen and oxygen atoms in total. The van der Waals surface area contributed by atoms with Crippen molar-refractivity contribution in [2.45, 2.75) is 6.54 Å². The highest BCUT2D eigenvalue weighted by Crippen LogP contribution is 2.16. The van der Waals surface area contributed by atoms with E-state index < -0.39 is 11.2 Å². The average molecular weight is 291 g/mol. The molecule has 7 heteroatoms. The minimum Gasteiger partial charge on any atom is -0.497 e. The zero-order valence-electron chi connectivity index (χ0n) is 11.9. The van der Waals surface area contributed by atoms with Gasteiger partial charge in [0.15, 0.2) is 0 Å². The normalized spacial score (nSPS) is 10.4. The third-order valence-electron chi connectivity index (χ3n) is 3.00. The highest BCUT2D eigenvalue weighted by atomic mass is 16.5. The smallest absolute Gasteiger partial charge is 0.330 e. The number of benzene rings is 1. The maximum atomic E-state index is 11.9. The molecule has 112 valence electrons. The van der Waals surface area contributed by atoms with Gasteiger partial charge in [-0.05, 0) is 24.3 Å². The summed E-state index contributed by atoms with van der Waals surface area (Å²) in [5.74, 6) is 1.35. The fourth-order valence-electron chi connectivity index (χ4n) is 1.88. The third kappa shape index (κ3) is 3.25. The van der Waals surface area contributed by atoms with Gasteiger partial charge in [-0.2, -0.15) is 0 Å². The summed E-state index contributed by atoms with van der Waals surface area (Å²) in [6.45, 7) is 0.313. The van der Waals surface area contributed by atoms with Crippen LogP contribution >= 0.6 is 0 Å². The monoisotopic (exact) mass is 291 g/mol. The lowest BCUT2D eigenvalue weighted by molar-refractivity contribution is 0.292. The number of nitrogen functional groups attached to an aromatic ring is 1. The van der Waals surface area contributed by atoms with Crippen LogP contribution in [0, 0.1) is 0 Å². The van der Waals surface area contributed by atoms with E-state index in [4.69, 9.17) is 15.2 Å². The molecule has 0 radical (unpaired) electrons. The molecular weight excluding hydrogens is 274 g/mol. The number of rotatable bonds is 5. The van der Waals surface area contributed by atoms with Crippen LogP contribution in [-0.2, 0) is 13.6 Å². The molecule has 0 fully saturated rings.